The van der Waals surface area contributed by atoms with E-state index in [4.69, 9.17) is 29.9 Å². The van der Waals surface area contributed by atoms with Crippen LogP contribution in [0.25, 0.3) is 56.6 Å². The average molecular weight is 546 g/mol. The third-order valence-electron chi connectivity index (χ3n) is 6.67. The van der Waals surface area contributed by atoms with Crippen LogP contribution in [0.2, 0.25) is 0 Å². The van der Waals surface area contributed by atoms with Gasteiger partial charge in [0.05, 0.1) is 0 Å². The van der Waals surface area contributed by atoms with Gasteiger partial charge in [-0.3, -0.25) is 0 Å². The van der Waals surface area contributed by atoms with Crippen LogP contribution in [0, 0.1) is 45.3 Å². The zero-order valence-electron chi connectivity index (χ0n) is 22.7. The van der Waals surface area contributed by atoms with Crippen LogP contribution in [0.1, 0.15) is 24.9 Å². The monoisotopic (exact) mass is 545 g/mol. The topological polar surface area (TPSA) is 126 Å². The first-order valence-electron chi connectivity index (χ1n) is 13.2. The number of allylic oxidation sites excluding steroid dienone is 6. The number of furan rings is 2. The van der Waals surface area contributed by atoms with E-state index in [2.05, 4.69) is 35.8 Å². The summed E-state index contributed by atoms with van der Waals surface area (Å²) in [4.78, 5) is 0. The van der Waals surface area contributed by atoms with E-state index >= 15 is 0 Å². The highest BCUT2D eigenvalue weighted by molar-refractivity contribution is 6.09. The average Bonchev–Trinajstić information content (AvgIpc) is 3.76. The first-order chi connectivity index (χ1) is 20.6. The molecular weight excluding hydrogens is 522 g/mol. The molecule has 0 bridgehead atoms. The van der Waals surface area contributed by atoms with Gasteiger partial charge in [0.15, 0.2) is 0 Å². The molecule has 0 aliphatic carbocycles. The summed E-state index contributed by atoms with van der Waals surface area (Å²) in [6.07, 6.45) is 10.5. The Bertz CT molecular complexity index is 1920. The van der Waals surface area contributed by atoms with E-state index in [-0.39, 0.29) is 11.1 Å². The van der Waals surface area contributed by atoms with Crippen molar-refractivity contribution in [3.8, 4) is 46.9 Å². The molecule has 5 rings (SSSR count). The second-order valence-corrected chi connectivity index (χ2v) is 9.35. The molecule has 0 aliphatic heterocycles. The molecule has 200 valence electrons. The van der Waals surface area contributed by atoms with E-state index in [1.807, 2.05) is 60.7 Å². The van der Waals surface area contributed by atoms with Gasteiger partial charge in [-0.05, 0) is 67.1 Å². The van der Waals surface area contributed by atoms with Crippen molar-refractivity contribution in [2.75, 3.05) is 0 Å². The third kappa shape index (κ3) is 5.54. The number of benzene rings is 2. The van der Waals surface area contributed by atoms with Crippen LogP contribution in [0.3, 0.4) is 0 Å². The zero-order valence-corrected chi connectivity index (χ0v) is 22.7. The molecule has 0 fully saturated rings. The molecule has 5 aromatic rings. The molecule has 42 heavy (non-hydrogen) atoms. The van der Waals surface area contributed by atoms with Crippen LogP contribution >= 0.6 is 0 Å². The summed E-state index contributed by atoms with van der Waals surface area (Å²) in [5.41, 5.74) is 4.15. The number of fused-ring (bicyclic) bond motifs is 3. The predicted molar refractivity (Wildman–Crippen MR) is 162 cm³/mol. The zero-order chi connectivity index (χ0) is 29.5. The van der Waals surface area contributed by atoms with Crippen molar-refractivity contribution in [2.45, 2.75) is 19.9 Å². The highest BCUT2D eigenvalue weighted by atomic mass is 16.3. The van der Waals surface area contributed by atoms with E-state index in [1.54, 1.807) is 24.3 Å². The first kappa shape index (κ1) is 27.3. The van der Waals surface area contributed by atoms with Crippen LogP contribution in [0.15, 0.2) is 105 Å². The lowest BCUT2D eigenvalue weighted by molar-refractivity contribution is 0.571. The lowest BCUT2D eigenvalue weighted by atomic mass is 10.1. The summed E-state index contributed by atoms with van der Waals surface area (Å²) >= 11 is 0. The van der Waals surface area contributed by atoms with Crippen LogP contribution < -0.4 is 0 Å². The van der Waals surface area contributed by atoms with Crippen molar-refractivity contribution in [3.05, 3.63) is 108 Å². The SMILES string of the molecule is CCCn1c2cc(-c3ccc(/C=C/C=C(C#N)C#N)o3)ccc2c2ccc(-c3ccc(/C=C/C=C(C#N)C#N)o3)cc21. The molecule has 0 unspecified atom stereocenters. The second kappa shape index (κ2) is 12.3. The Labute approximate surface area is 242 Å². The molecule has 0 saturated heterocycles. The van der Waals surface area contributed by atoms with E-state index in [1.165, 1.54) is 12.2 Å². The van der Waals surface area contributed by atoms with Crippen molar-refractivity contribution < 1.29 is 8.83 Å². The number of nitriles is 4. The first-order valence-corrected chi connectivity index (χ1v) is 13.2. The van der Waals surface area contributed by atoms with Crippen molar-refractivity contribution in [3.63, 3.8) is 0 Å². The van der Waals surface area contributed by atoms with Gasteiger partial charge in [0, 0.05) is 39.5 Å². The number of aryl methyl sites for hydroxylation is 1. The molecule has 0 amide bonds. The Morgan fingerprint density at radius 1 is 0.667 bits per heavy atom. The quantitative estimate of drug-likeness (QED) is 0.142. The summed E-state index contributed by atoms with van der Waals surface area (Å²) in [5, 5.41) is 37.8. The van der Waals surface area contributed by atoms with Gasteiger partial charge in [-0.15, -0.1) is 0 Å². The standard InChI is InChI=1S/C35H23N5O2/c1-2-17-40-32-18-26(34-15-11-28(41-34)7-3-5-24(20-36)21-37)9-13-30(32)31-14-10-27(19-33(31)40)35-16-12-29(42-35)8-4-6-25(22-38)23-39/h3-16,18-19H,2,17H2,1H3/b7-3+,8-4+. The lowest BCUT2D eigenvalue weighted by Gasteiger charge is -2.07. The summed E-state index contributed by atoms with van der Waals surface area (Å²) in [7, 11) is 0. The Balaban J connectivity index is 1.49. The fraction of sp³-hybridized carbons (Fsp3) is 0.0857. The van der Waals surface area contributed by atoms with Crippen molar-refractivity contribution in [1.82, 2.24) is 4.57 Å². The van der Waals surface area contributed by atoms with Crippen LogP contribution in [-0.4, -0.2) is 4.57 Å². The molecule has 0 N–H and O–H groups in total. The highest BCUT2D eigenvalue weighted by Crippen LogP contribution is 2.36. The highest BCUT2D eigenvalue weighted by Gasteiger charge is 2.15. The lowest BCUT2D eigenvalue weighted by Crippen LogP contribution is -1.96. The molecule has 7 heteroatoms. The molecule has 0 radical (unpaired) electrons. The van der Waals surface area contributed by atoms with Crippen molar-refractivity contribution in [1.29, 1.82) is 21.0 Å². The van der Waals surface area contributed by atoms with Gasteiger partial charge >= 0.3 is 0 Å². The van der Waals surface area contributed by atoms with Gasteiger partial charge in [0.1, 0.15) is 58.5 Å². The maximum absolute atomic E-state index is 8.88. The van der Waals surface area contributed by atoms with Gasteiger partial charge < -0.3 is 13.4 Å². The summed E-state index contributed by atoms with van der Waals surface area (Å²) in [6.45, 7) is 2.99. The van der Waals surface area contributed by atoms with Gasteiger partial charge in [0.25, 0.3) is 0 Å². The smallest absolute Gasteiger partial charge is 0.134 e. The number of hydrogen-bond acceptors (Lipinski definition) is 6. The molecule has 0 aliphatic rings. The Kier molecular flexibility index (Phi) is 7.97. The van der Waals surface area contributed by atoms with Gasteiger partial charge in [-0.25, -0.2) is 0 Å². The maximum atomic E-state index is 8.88. The third-order valence-corrected chi connectivity index (χ3v) is 6.67. The van der Waals surface area contributed by atoms with Gasteiger partial charge in [0.2, 0.25) is 0 Å². The van der Waals surface area contributed by atoms with E-state index in [0.717, 1.165) is 57.4 Å². The fourth-order valence-corrected chi connectivity index (χ4v) is 4.74. The molecule has 3 heterocycles. The van der Waals surface area contributed by atoms with E-state index in [9.17, 15) is 0 Å². The summed E-state index contributed by atoms with van der Waals surface area (Å²) < 4.78 is 14.4. The van der Waals surface area contributed by atoms with E-state index in [0.29, 0.717) is 11.5 Å². The van der Waals surface area contributed by atoms with Crippen molar-refractivity contribution in [2.24, 2.45) is 0 Å². The van der Waals surface area contributed by atoms with Crippen LogP contribution in [-0.2, 0) is 6.54 Å². The normalized spacial score (nSPS) is 10.9. The summed E-state index contributed by atoms with van der Waals surface area (Å²) in [5.74, 6) is 2.68. The number of hydrogen-bond donors (Lipinski definition) is 0. The maximum Gasteiger partial charge on any atom is 0.134 e. The van der Waals surface area contributed by atoms with Gasteiger partial charge in [-0.2, -0.15) is 21.0 Å². The minimum atomic E-state index is 0.0271. The molecule has 0 saturated carbocycles. The van der Waals surface area contributed by atoms with Gasteiger partial charge in [-0.1, -0.05) is 43.3 Å². The number of rotatable bonds is 8. The second-order valence-electron chi connectivity index (χ2n) is 9.35. The fourth-order valence-electron chi connectivity index (χ4n) is 4.74. The van der Waals surface area contributed by atoms with Crippen LogP contribution in [0.4, 0.5) is 0 Å². The van der Waals surface area contributed by atoms with E-state index < -0.39 is 0 Å². The molecule has 0 spiro atoms. The molecule has 7 nitrogen and oxygen atoms in total. The Hall–Kier alpha value is -6.28. The molecule has 2 aromatic carbocycles. The Morgan fingerprint density at radius 2 is 1.12 bits per heavy atom. The molecular formula is C35H23N5O2. The molecule has 0 atom stereocenters. The largest absolute Gasteiger partial charge is 0.457 e. The van der Waals surface area contributed by atoms with Crippen molar-refractivity contribution >= 4 is 34.0 Å². The minimum absolute atomic E-state index is 0.0271. The molecule has 3 aromatic heterocycles. The van der Waals surface area contributed by atoms with Crippen LogP contribution in [0.5, 0.6) is 0 Å². The number of aromatic nitrogens is 1. The number of nitrogens with zero attached hydrogens (tertiary/aromatic N) is 5. The summed E-state index contributed by atoms with van der Waals surface area (Å²) in [6, 6.07) is 27.4. The minimum Gasteiger partial charge on any atom is -0.457 e. The Morgan fingerprint density at radius 3 is 1.52 bits per heavy atom. The predicted octanol–water partition coefficient (Wildman–Crippen LogP) is 8.70.